The largest absolute Gasteiger partial charge is 0.383 e. The highest BCUT2D eigenvalue weighted by Gasteiger charge is 2.20. The minimum Gasteiger partial charge on any atom is -0.383 e. The molecule has 1 aliphatic carbocycles. The number of nitrogen functional groups attached to an aromatic ring is 1. The average molecular weight is 291 g/mol. The van der Waals surface area contributed by atoms with Crippen molar-refractivity contribution in [3.05, 3.63) is 46.6 Å². The minimum atomic E-state index is 0.373. The van der Waals surface area contributed by atoms with Gasteiger partial charge < -0.3 is 5.73 Å². The normalized spacial score (nSPS) is 14.5. The number of pyridine rings is 1. The maximum absolute atomic E-state index is 9.57. The molecule has 1 heterocycles. The van der Waals surface area contributed by atoms with Gasteiger partial charge in [-0.3, -0.25) is 0 Å². The van der Waals surface area contributed by atoms with E-state index in [9.17, 15) is 5.26 Å². The molecule has 1 aromatic heterocycles. The fraction of sp³-hybridized carbons (Fsp3) is 0.368. The van der Waals surface area contributed by atoms with Gasteiger partial charge in [0.1, 0.15) is 17.5 Å². The summed E-state index contributed by atoms with van der Waals surface area (Å²) in [5, 5.41) is 9.57. The second kappa shape index (κ2) is 6.19. The van der Waals surface area contributed by atoms with Crippen molar-refractivity contribution >= 4 is 5.82 Å². The Morgan fingerprint density at radius 1 is 1.05 bits per heavy atom. The second-order valence-corrected chi connectivity index (χ2v) is 6.06. The SMILES string of the molecule is Cc1ccc(-c2c(C#N)c(N)nc3c2CCCCCC3)cc1. The molecule has 0 atom stereocenters. The van der Waals surface area contributed by atoms with Gasteiger partial charge in [-0.05, 0) is 43.7 Å². The maximum Gasteiger partial charge on any atom is 0.142 e. The number of anilines is 1. The van der Waals surface area contributed by atoms with Crippen molar-refractivity contribution in [1.29, 1.82) is 5.26 Å². The van der Waals surface area contributed by atoms with Crippen LogP contribution in [0.5, 0.6) is 0 Å². The van der Waals surface area contributed by atoms with E-state index in [4.69, 9.17) is 5.73 Å². The number of aryl methyl sites for hydroxylation is 2. The van der Waals surface area contributed by atoms with E-state index in [0.717, 1.165) is 42.5 Å². The molecule has 0 unspecified atom stereocenters. The summed E-state index contributed by atoms with van der Waals surface area (Å²) in [5.74, 6) is 0.373. The molecule has 2 N–H and O–H groups in total. The Morgan fingerprint density at radius 2 is 1.73 bits per heavy atom. The average Bonchev–Trinajstić information content (AvgIpc) is 2.49. The van der Waals surface area contributed by atoms with Gasteiger partial charge in [0.15, 0.2) is 0 Å². The van der Waals surface area contributed by atoms with Crippen LogP contribution in [0.3, 0.4) is 0 Å². The summed E-state index contributed by atoms with van der Waals surface area (Å²) in [4.78, 5) is 4.55. The number of benzene rings is 1. The summed E-state index contributed by atoms with van der Waals surface area (Å²) in [6, 6.07) is 10.6. The molecule has 0 fully saturated rings. The molecule has 3 heteroatoms. The first-order valence-corrected chi connectivity index (χ1v) is 7.99. The van der Waals surface area contributed by atoms with E-state index in [0.29, 0.717) is 11.4 Å². The fourth-order valence-corrected chi connectivity index (χ4v) is 3.27. The number of nitrogens with two attached hydrogens (primary N) is 1. The van der Waals surface area contributed by atoms with Gasteiger partial charge in [0.25, 0.3) is 0 Å². The summed E-state index contributed by atoms with van der Waals surface area (Å²) in [7, 11) is 0. The highest BCUT2D eigenvalue weighted by molar-refractivity contribution is 5.79. The molecule has 0 amide bonds. The lowest BCUT2D eigenvalue weighted by atomic mass is 9.88. The van der Waals surface area contributed by atoms with Crippen molar-refractivity contribution in [3.8, 4) is 17.2 Å². The van der Waals surface area contributed by atoms with Crippen LogP contribution in [0.2, 0.25) is 0 Å². The van der Waals surface area contributed by atoms with Gasteiger partial charge in [0, 0.05) is 11.3 Å². The van der Waals surface area contributed by atoms with Gasteiger partial charge in [-0.2, -0.15) is 5.26 Å². The number of aromatic nitrogens is 1. The lowest BCUT2D eigenvalue weighted by Gasteiger charge is -2.19. The topological polar surface area (TPSA) is 62.7 Å². The Kier molecular flexibility index (Phi) is 4.11. The molecular formula is C19H21N3. The molecule has 22 heavy (non-hydrogen) atoms. The summed E-state index contributed by atoms with van der Waals surface area (Å²) in [6.45, 7) is 2.07. The van der Waals surface area contributed by atoms with Gasteiger partial charge in [-0.1, -0.05) is 42.7 Å². The van der Waals surface area contributed by atoms with E-state index in [1.165, 1.54) is 24.0 Å². The fourth-order valence-electron chi connectivity index (χ4n) is 3.27. The molecule has 0 bridgehead atoms. The molecule has 3 rings (SSSR count). The molecule has 1 aromatic carbocycles. The van der Waals surface area contributed by atoms with Gasteiger partial charge in [-0.25, -0.2) is 4.98 Å². The Bertz CT molecular complexity index is 724. The number of hydrogen-bond acceptors (Lipinski definition) is 3. The number of nitriles is 1. The zero-order chi connectivity index (χ0) is 15.5. The quantitative estimate of drug-likeness (QED) is 0.857. The van der Waals surface area contributed by atoms with Crippen LogP contribution in [0.25, 0.3) is 11.1 Å². The van der Waals surface area contributed by atoms with Crippen molar-refractivity contribution in [3.63, 3.8) is 0 Å². The molecular weight excluding hydrogens is 270 g/mol. The molecule has 0 saturated heterocycles. The van der Waals surface area contributed by atoms with Crippen molar-refractivity contribution in [2.75, 3.05) is 5.73 Å². The van der Waals surface area contributed by atoms with Crippen LogP contribution in [0.1, 0.15) is 48.1 Å². The minimum absolute atomic E-state index is 0.373. The van der Waals surface area contributed by atoms with Gasteiger partial charge in [0.2, 0.25) is 0 Å². The molecule has 3 nitrogen and oxygen atoms in total. The Morgan fingerprint density at radius 3 is 2.41 bits per heavy atom. The third kappa shape index (κ3) is 2.69. The summed E-state index contributed by atoms with van der Waals surface area (Å²) >= 11 is 0. The molecule has 112 valence electrons. The van der Waals surface area contributed by atoms with E-state index in [2.05, 4.69) is 42.2 Å². The highest BCUT2D eigenvalue weighted by Crippen LogP contribution is 2.35. The van der Waals surface area contributed by atoms with Gasteiger partial charge in [0.05, 0.1) is 0 Å². The van der Waals surface area contributed by atoms with Crippen LogP contribution >= 0.6 is 0 Å². The lowest BCUT2D eigenvalue weighted by molar-refractivity contribution is 0.610. The summed E-state index contributed by atoms with van der Waals surface area (Å²) < 4.78 is 0. The van der Waals surface area contributed by atoms with Crippen LogP contribution in [0.15, 0.2) is 24.3 Å². The van der Waals surface area contributed by atoms with E-state index in [1.54, 1.807) is 0 Å². The molecule has 2 aromatic rings. The Hall–Kier alpha value is -2.34. The van der Waals surface area contributed by atoms with Crippen LogP contribution in [0, 0.1) is 18.3 Å². The van der Waals surface area contributed by atoms with Crippen molar-refractivity contribution < 1.29 is 0 Å². The molecule has 1 aliphatic rings. The summed E-state index contributed by atoms with van der Waals surface area (Å²) in [5.41, 5.74) is 12.2. The van der Waals surface area contributed by atoms with E-state index in [1.807, 2.05) is 0 Å². The van der Waals surface area contributed by atoms with E-state index in [-0.39, 0.29) is 0 Å². The Labute approximate surface area is 131 Å². The van der Waals surface area contributed by atoms with Crippen LogP contribution < -0.4 is 5.73 Å². The number of rotatable bonds is 1. The predicted octanol–water partition coefficient (Wildman–Crippen LogP) is 4.17. The monoisotopic (exact) mass is 291 g/mol. The number of hydrogen-bond donors (Lipinski definition) is 1. The second-order valence-electron chi connectivity index (χ2n) is 6.06. The van der Waals surface area contributed by atoms with Crippen LogP contribution in [-0.4, -0.2) is 4.98 Å². The maximum atomic E-state index is 9.57. The molecule has 0 radical (unpaired) electrons. The first kappa shape index (κ1) is 14.6. The van der Waals surface area contributed by atoms with E-state index < -0.39 is 0 Å². The molecule has 0 saturated carbocycles. The third-order valence-corrected chi connectivity index (χ3v) is 4.45. The first-order valence-electron chi connectivity index (χ1n) is 7.99. The number of nitrogens with zero attached hydrogens (tertiary/aromatic N) is 2. The van der Waals surface area contributed by atoms with Crippen molar-refractivity contribution in [2.24, 2.45) is 0 Å². The standard InChI is InChI=1S/C19H21N3/c1-13-8-10-14(11-9-13)18-15-6-4-2-3-5-7-17(15)22-19(21)16(18)12-20/h8-11H,2-7H2,1H3,(H2,21,22). The lowest BCUT2D eigenvalue weighted by Crippen LogP contribution is -2.10. The summed E-state index contributed by atoms with van der Waals surface area (Å²) in [6.07, 6.45) is 6.76. The molecule has 0 spiro atoms. The van der Waals surface area contributed by atoms with Crippen molar-refractivity contribution in [1.82, 2.24) is 4.98 Å². The molecule has 0 aliphatic heterocycles. The van der Waals surface area contributed by atoms with Gasteiger partial charge >= 0.3 is 0 Å². The van der Waals surface area contributed by atoms with Crippen LogP contribution in [-0.2, 0) is 12.8 Å². The number of fused-ring (bicyclic) bond motifs is 1. The third-order valence-electron chi connectivity index (χ3n) is 4.45. The van der Waals surface area contributed by atoms with E-state index >= 15 is 0 Å². The zero-order valence-electron chi connectivity index (χ0n) is 13.0. The van der Waals surface area contributed by atoms with Crippen LogP contribution in [0.4, 0.5) is 5.82 Å². The van der Waals surface area contributed by atoms with Gasteiger partial charge in [-0.15, -0.1) is 0 Å². The highest BCUT2D eigenvalue weighted by atomic mass is 14.9. The first-order chi connectivity index (χ1) is 10.7. The van der Waals surface area contributed by atoms with Crippen molar-refractivity contribution in [2.45, 2.75) is 45.4 Å². The Balaban J connectivity index is 2.25. The predicted molar refractivity (Wildman–Crippen MR) is 89.4 cm³/mol. The zero-order valence-corrected chi connectivity index (χ0v) is 13.0. The smallest absolute Gasteiger partial charge is 0.142 e.